The molecule has 0 bridgehead atoms. The summed E-state index contributed by atoms with van der Waals surface area (Å²) in [6.45, 7) is 0. The Morgan fingerprint density at radius 3 is 2.19 bits per heavy atom. The molecule has 0 fully saturated rings. The lowest BCUT2D eigenvalue weighted by atomic mass is 10.0. The average molecular weight is 294 g/mol. The van der Waals surface area contributed by atoms with Crippen LogP contribution in [0, 0.1) is 0 Å². The van der Waals surface area contributed by atoms with Crippen LogP contribution in [0.3, 0.4) is 0 Å². The summed E-state index contributed by atoms with van der Waals surface area (Å²) in [5.41, 5.74) is 1.32. The van der Waals surface area contributed by atoms with Gasteiger partial charge in [-0.25, -0.2) is 0 Å². The molecule has 0 saturated carbocycles. The molecule has 0 amide bonds. The van der Waals surface area contributed by atoms with Gasteiger partial charge in [-0.1, -0.05) is 18.2 Å². The van der Waals surface area contributed by atoms with E-state index in [9.17, 15) is 18.0 Å². The minimum absolute atomic E-state index is 0.418. The zero-order chi connectivity index (χ0) is 15.5. The Labute approximate surface area is 120 Å². The van der Waals surface area contributed by atoms with E-state index in [2.05, 4.69) is 0 Å². The van der Waals surface area contributed by atoms with Crippen LogP contribution in [0.5, 0.6) is 5.75 Å². The molecule has 0 radical (unpaired) electrons. The largest absolute Gasteiger partial charge is 0.496 e. The highest BCUT2D eigenvalue weighted by atomic mass is 19.4. The van der Waals surface area contributed by atoms with Gasteiger partial charge in [-0.3, -0.25) is 4.79 Å². The summed E-state index contributed by atoms with van der Waals surface area (Å²) in [6, 6.07) is 10.1. The number of rotatable bonds is 4. The summed E-state index contributed by atoms with van der Waals surface area (Å²) in [6.07, 6.45) is -3.19. The molecule has 0 atom stereocenters. The van der Waals surface area contributed by atoms with Crippen molar-refractivity contribution in [3.05, 3.63) is 64.7 Å². The molecule has 21 heavy (non-hydrogen) atoms. The fraction of sp³-hybridized carbons (Fsp3) is 0.188. The second-order valence-electron chi connectivity index (χ2n) is 4.57. The summed E-state index contributed by atoms with van der Waals surface area (Å²) in [5.74, 6) is 0.473. The summed E-state index contributed by atoms with van der Waals surface area (Å²) < 4.78 is 42.5. The lowest BCUT2D eigenvalue weighted by Crippen LogP contribution is -2.04. The van der Waals surface area contributed by atoms with Crippen LogP contribution >= 0.6 is 0 Å². The van der Waals surface area contributed by atoms with Crippen molar-refractivity contribution in [1.82, 2.24) is 0 Å². The zero-order valence-electron chi connectivity index (χ0n) is 11.3. The van der Waals surface area contributed by atoms with Gasteiger partial charge in [0.2, 0.25) is 0 Å². The highest BCUT2D eigenvalue weighted by Crippen LogP contribution is 2.29. The molecule has 0 aliphatic heterocycles. The number of carbonyl (C=O) groups is 1. The fourth-order valence-corrected chi connectivity index (χ4v) is 2.03. The predicted molar refractivity (Wildman–Crippen MR) is 72.6 cm³/mol. The van der Waals surface area contributed by atoms with Crippen molar-refractivity contribution in [1.29, 1.82) is 0 Å². The maximum Gasteiger partial charge on any atom is 0.416 e. The van der Waals surface area contributed by atoms with Crippen molar-refractivity contribution in [2.45, 2.75) is 12.6 Å². The van der Waals surface area contributed by atoms with E-state index in [1.54, 1.807) is 18.2 Å². The first-order valence-corrected chi connectivity index (χ1v) is 6.22. The van der Waals surface area contributed by atoms with Gasteiger partial charge in [0.1, 0.15) is 5.75 Å². The summed E-state index contributed by atoms with van der Waals surface area (Å²) in [5, 5.41) is 0. The number of halogens is 3. The molecule has 0 saturated heterocycles. The highest BCUT2D eigenvalue weighted by molar-refractivity contribution is 5.79. The zero-order valence-corrected chi connectivity index (χ0v) is 11.3. The topological polar surface area (TPSA) is 26.3 Å². The number of methoxy groups -OCH3 is 1. The van der Waals surface area contributed by atoms with Gasteiger partial charge in [-0.05, 0) is 41.8 Å². The minimum Gasteiger partial charge on any atom is -0.496 e. The van der Waals surface area contributed by atoms with E-state index in [1.807, 2.05) is 0 Å². The molecule has 2 nitrogen and oxygen atoms in total. The molecule has 0 aliphatic carbocycles. The van der Waals surface area contributed by atoms with Crippen molar-refractivity contribution in [2.24, 2.45) is 0 Å². The van der Waals surface area contributed by atoms with E-state index in [1.165, 1.54) is 19.2 Å². The molecule has 0 unspecified atom stereocenters. The summed E-state index contributed by atoms with van der Waals surface area (Å²) in [4.78, 5) is 10.9. The van der Waals surface area contributed by atoms with Gasteiger partial charge in [0.25, 0.3) is 0 Å². The fourth-order valence-electron chi connectivity index (χ4n) is 2.03. The Balaban J connectivity index is 2.20. The Kier molecular flexibility index (Phi) is 4.31. The van der Waals surface area contributed by atoms with Gasteiger partial charge in [0, 0.05) is 0 Å². The lowest BCUT2D eigenvalue weighted by molar-refractivity contribution is -0.137. The number of alkyl halides is 3. The minimum atomic E-state index is -4.33. The first kappa shape index (κ1) is 15.1. The molecule has 0 aliphatic rings. The van der Waals surface area contributed by atoms with Crippen LogP contribution in [0.25, 0.3) is 0 Å². The van der Waals surface area contributed by atoms with E-state index >= 15 is 0 Å². The van der Waals surface area contributed by atoms with Crippen molar-refractivity contribution < 1.29 is 22.7 Å². The number of carbonyl (C=O) groups excluding carboxylic acids is 1. The smallest absolute Gasteiger partial charge is 0.416 e. The van der Waals surface area contributed by atoms with Crippen LogP contribution in [0.4, 0.5) is 13.2 Å². The summed E-state index contributed by atoms with van der Waals surface area (Å²) >= 11 is 0. The quantitative estimate of drug-likeness (QED) is 0.793. The second kappa shape index (κ2) is 5.99. The van der Waals surface area contributed by atoms with E-state index in [-0.39, 0.29) is 0 Å². The Hall–Kier alpha value is -2.30. The Morgan fingerprint density at radius 2 is 1.67 bits per heavy atom. The molecule has 0 spiro atoms. The van der Waals surface area contributed by atoms with E-state index in [0.29, 0.717) is 24.0 Å². The van der Waals surface area contributed by atoms with Crippen LogP contribution in [0.1, 0.15) is 27.0 Å². The number of hydrogen-bond donors (Lipinski definition) is 0. The second-order valence-corrected chi connectivity index (χ2v) is 4.57. The van der Waals surface area contributed by atoms with Crippen LogP contribution in [-0.2, 0) is 12.6 Å². The molecule has 110 valence electrons. The van der Waals surface area contributed by atoms with Gasteiger partial charge >= 0.3 is 6.18 Å². The van der Waals surface area contributed by atoms with Crippen molar-refractivity contribution >= 4 is 6.29 Å². The molecule has 0 aromatic heterocycles. The maximum absolute atomic E-state index is 12.5. The van der Waals surface area contributed by atoms with Crippen LogP contribution in [-0.4, -0.2) is 13.4 Å². The monoisotopic (exact) mass is 294 g/mol. The highest BCUT2D eigenvalue weighted by Gasteiger charge is 2.29. The van der Waals surface area contributed by atoms with Crippen LogP contribution in [0.15, 0.2) is 42.5 Å². The van der Waals surface area contributed by atoms with Crippen molar-refractivity contribution in [3.8, 4) is 5.75 Å². The number of aldehydes is 1. The van der Waals surface area contributed by atoms with Gasteiger partial charge in [-0.2, -0.15) is 13.2 Å². The van der Waals surface area contributed by atoms with E-state index in [4.69, 9.17) is 4.74 Å². The maximum atomic E-state index is 12.5. The summed E-state index contributed by atoms with van der Waals surface area (Å²) in [7, 11) is 1.47. The van der Waals surface area contributed by atoms with Crippen LogP contribution < -0.4 is 4.74 Å². The average Bonchev–Trinajstić information content (AvgIpc) is 2.46. The van der Waals surface area contributed by atoms with Gasteiger partial charge in [-0.15, -0.1) is 0 Å². The molecular formula is C16H13F3O2. The third-order valence-electron chi connectivity index (χ3n) is 3.11. The molecule has 0 heterocycles. The van der Waals surface area contributed by atoms with E-state index in [0.717, 1.165) is 23.3 Å². The van der Waals surface area contributed by atoms with E-state index < -0.39 is 11.7 Å². The van der Waals surface area contributed by atoms with Crippen molar-refractivity contribution in [3.63, 3.8) is 0 Å². The molecule has 2 aromatic carbocycles. The predicted octanol–water partition coefficient (Wildman–Crippen LogP) is 4.12. The normalized spacial score (nSPS) is 11.2. The molecule has 0 N–H and O–H groups in total. The number of hydrogen-bond acceptors (Lipinski definition) is 2. The molecule has 2 rings (SSSR count). The first-order valence-electron chi connectivity index (χ1n) is 6.22. The van der Waals surface area contributed by atoms with Gasteiger partial charge in [0.05, 0.1) is 18.2 Å². The van der Waals surface area contributed by atoms with Crippen molar-refractivity contribution in [2.75, 3.05) is 7.11 Å². The van der Waals surface area contributed by atoms with Crippen LogP contribution in [0.2, 0.25) is 0 Å². The number of benzene rings is 2. The van der Waals surface area contributed by atoms with Gasteiger partial charge in [0.15, 0.2) is 6.29 Å². The van der Waals surface area contributed by atoms with Gasteiger partial charge < -0.3 is 4.74 Å². The lowest BCUT2D eigenvalue weighted by Gasteiger charge is -2.09. The third kappa shape index (κ3) is 3.62. The Morgan fingerprint density at radius 1 is 1.05 bits per heavy atom. The molecule has 2 aromatic rings. The Bertz CT molecular complexity index is 631. The first-order chi connectivity index (χ1) is 9.94. The number of ether oxygens (including phenoxy) is 1. The third-order valence-corrected chi connectivity index (χ3v) is 3.11. The molecular weight excluding hydrogens is 281 g/mol. The molecule has 5 heteroatoms. The SMILES string of the molecule is COc1ccc(Cc2ccc(C(F)(F)F)cc2)cc1C=O. The standard InChI is InChI=1S/C16H13F3O2/c1-21-15-7-4-12(9-13(15)10-20)8-11-2-5-14(6-3-11)16(17,18)19/h2-7,9-10H,8H2,1H3.